The van der Waals surface area contributed by atoms with Crippen LogP contribution in [0.2, 0.25) is 0 Å². The Kier molecular flexibility index (Phi) is 5.29. The quantitative estimate of drug-likeness (QED) is 0.703. The van der Waals surface area contributed by atoms with E-state index < -0.39 is 0 Å². The third-order valence-corrected chi connectivity index (χ3v) is 5.56. The van der Waals surface area contributed by atoms with E-state index in [0.29, 0.717) is 17.0 Å². The van der Waals surface area contributed by atoms with E-state index >= 15 is 0 Å². The van der Waals surface area contributed by atoms with Crippen molar-refractivity contribution in [2.24, 2.45) is 0 Å². The van der Waals surface area contributed by atoms with E-state index in [-0.39, 0.29) is 11.8 Å². The van der Waals surface area contributed by atoms with Gasteiger partial charge in [-0.25, -0.2) is 4.90 Å². The first kappa shape index (κ1) is 18.5. The molecule has 2 aliphatic rings. The van der Waals surface area contributed by atoms with Gasteiger partial charge < -0.3 is 4.90 Å². The molecule has 4 nitrogen and oxygen atoms in total. The third kappa shape index (κ3) is 3.35. The molecule has 4 heteroatoms. The van der Waals surface area contributed by atoms with Crippen molar-refractivity contribution in [2.75, 3.05) is 18.0 Å². The maximum absolute atomic E-state index is 13.4. The van der Waals surface area contributed by atoms with Gasteiger partial charge in [0, 0.05) is 13.1 Å². The van der Waals surface area contributed by atoms with Gasteiger partial charge >= 0.3 is 0 Å². The third-order valence-electron chi connectivity index (χ3n) is 5.56. The van der Waals surface area contributed by atoms with Crippen LogP contribution >= 0.6 is 0 Å². The van der Waals surface area contributed by atoms with Gasteiger partial charge in [0.25, 0.3) is 11.8 Å². The summed E-state index contributed by atoms with van der Waals surface area (Å²) < 4.78 is 0. The highest BCUT2D eigenvalue weighted by Crippen LogP contribution is 2.36. The number of unbranched alkanes of at least 4 members (excludes halogenated alkanes) is 1. The Balaban J connectivity index is 1.70. The normalized spacial score (nSPS) is 17.2. The summed E-state index contributed by atoms with van der Waals surface area (Å²) >= 11 is 0. The number of aryl methyl sites for hydroxylation is 1. The van der Waals surface area contributed by atoms with Crippen molar-refractivity contribution < 1.29 is 9.59 Å². The lowest BCUT2D eigenvalue weighted by atomic mass is 10.0. The van der Waals surface area contributed by atoms with Crippen molar-refractivity contribution in [3.05, 3.63) is 71.4 Å². The van der Waals surface area contributed by atoms with E-state index in [2.05, 4.69) is 11.8 Å². The van der Waals surface area contributed by atoms with Gasteiger partial charge in [-0.3, -0.25) is 9.59 Å². The molecule has 0 spiro atoms. The summed E-state index contributed by atoms with van der Waals surface area (Å²) in [6, 6.07) is 17.4. The zero-order valence-electron chi connectivity index (χ0n) is 16.4. The summed E-state index contributed by atoms with van der Waals surface area (Å²) in [4.78, 5) is 30.1. The molecule has 2 heterocycles. The highest BCUT2D eigenvalue weighted by Gasteiger charge is 2.42. The first-order chi connectivity index (χ1) is 13.7. The number of benzene rings is 2. The van der Waals surface area contributed by atoms with Gasteiger partial charge in [0.15, 0.2) is 0 Å². The van der Waals surface area contributed by atoms with Crippen LogP contribution in [0.25, 0.3) is 5.57 Å². The minimum absolute atomic E-state index is 0.202. The monoisotopic (exact) mass is 374 g/mol. The van der Waals surface area contributed by atoms with Crippen LogP contribution in [0.15, 0.2) is 60.3 Å². The van der Waals surface area contributed by atoms with Crippen LogP contribution in [0.4, 0.5) is 5.69 Å². The molecule has 2 amide bonds. The van der Waals surface area contributed by atoms with Crippen molar-refractivity contribution in [3.8, 4) is 0 Å². The second-order valence-corrected chi connectivity index (χ2v) is 7.50. The number of imide groups is 1. The molecule has 0 N–H and O–H groups in total. The Hall–Kier alpha value is -2.88. The van der Waals surface area contributed by atoms with E-state index in [9.17, 15) is 9.59 Å². The summed E-state index contributed by atoms with van der Waals surface area (Å²) in [5, 5.41) is 0. The van der Waals surface area contributed by atoms with Crippen molar-refractivity contribution >= 4 is 23.1 Å². The lowest BCUT2D eigenvalue weighted by Crippen LogP contribution is -2.34. The molecule has 0 unspecified atom stereocenters. The molecule has 0 radical (unpaired) electrons. The molecule has 0 aromatic heterocycles. The molecule has 2 aliphatic heterocycles. The molecular weight excluding hydrogens is 348 g/mol. The highest BCUT2D eigenvalue weighted by molar-refractivity contribution is 6.45. The number of rotatable bonds is 6. The lowest BCUT2D eigenvalue weighted by Gasteiger charge is -2.20. The number of likely N-dealkylation sites (tertiary alicyclic amines) is 1. The van der Waals surface area contributed by atoms with Gasteiger partial charge in [0.2, 0.25) is 0 Å². The van der Waals surface area contributed by atoms with Crippen LogP contribution < -0.4 is 4.90 Å². The second-order valence-electron chi connectivity index (χ2n) is 7.50. The lowest BCUT2D eigenvalue weighted by molar-refractivity contribution is -0.120. The number of nitrogens with zero attached hydrogens (tertiary/aromatic N) is 2. The summed E-state index contributed by atoms with van der Waals surface area (Å²) in [7, 11) is 0. The maximum Gasteiger partial charge on any atom is 0.282 e. The number of amides is 2. The highest BCUT2D eigenvalue weighted by atomic mass is 16.2. The van der Waals surface area contributed by atoms with E-state index in [1.165, 1.54) is 10.5 Å². The van der Waals surface area contributed by atoms with Gasteiger partial charge in [-0.15, -0.1) is 0 Å². The Bertz CT molecular complexity index is 894. The zero-order valence-corrected chi connectivity index (χ0v) is 16.4. The molecule has 28 heavy (non-hydrogen) atoms. The molecule has 0 aliphatic carbocycles. The standard InChI is InChI=1S/C24H26N2O2/c1-2-3-9-18-12-14-20(15-13-18)26-23(27)21(19-10-5-4-6-11-19)22(24(26)28)25-16-7-8-17-25/h4-6,10-15H,2-3,7-9,16-17H2,1H3. The number of carbonyl (C=O) groups is 2. The van der Waals surface area contributed by atoms with Crippen LogP contribution in [0.1, 0.15) is 43.7 Å². The molecule has 4 rings (SSSR count). The Labute approximate surface area is 166 Å². The second kappa shape index (κ2) is 8.01. The average Bonchev–Trinajstić information content (AvgIpc) is 3.34. The van der Waals surface area contributed by atoms with Crippen molar-refractivity contribution in [3.63, 3.8) is 0 Å². The average molecular weight is 374 g/mol. The van der Waals surface area contributed by atoms with Crippen LogP contribution in [-0.2, 0) is 16.0 Å². The van der Waals surface area contributed by atoms with Gasteiger partial charge in [-0.1, -0.05) is 55.8 Å². The molecular formula is C24H26N2O2. The molecule has 1 saturated heterocycles. The SMILES string of the molecule is CCCCc1ccc(N2C(=O)C(c3ccccc3)=C(N3CCCC3)C2=O)cc1. The Morgan fingerprint density at radius 2 is 1.54 bits per heavy atom. The molecule has 0 bridgehead atoms. The number of carbonyl (C=O) groups excluding carboxylic acids is 2. The topological polar surface area (TPSA) is 40.6 Å². The molecule has 0 saturated carbocycles. The molecule has 144 valence electrons. The Morgan fingerprint density at radius 1 is 0.857 bits per heavy atom. The summed E-state index contributed by atoms with van der Waals surface area (Å²) in [5.74, 6) is -0.425. The number of hydrogen-bond donors (Lipinski definition) is 0. The maximum atomic E-state index is 13.4. The number of hydrogen-bond acceptors (Lipinski definition) is 3. The summed E-state index contributed by atoms with van der Waals surface area (Å²) in [5.41, 5.74) is 3.79. The van der Waals surface area contributed by atoms with E-state index in [0.717, 1.165) is 50.8 Å². The van der Waals surface area contributed by atoms with Gasteiger partial charge in [-0.05, 0) is 48.9 Å². The predicted molar refractivity (Wildman–Crippen MR) is 112 cm³/mol. The fourth-order valence-corrected chi connectivity index (χ4v) is 4.04. The minimum atomic E-state index is -0.223. The predicted octanol–water partition coefficient (Wildman–Crippen LogP) is 4.41. The summed E-state index contributed by atoms with van der Waals surface area (Å²) in [6.45, 7) is 3.83. The fourth-order valence-electron chi connectivity index (χ4n) is 4.04. The smallest absolute Gasteiger partial charge is 0.282 e. The van der Waals surface area contributed by atoms with E-state index in [1.807, 2.05) is 54.6 Å². The van der Waals surface area contributed by atoms with Gasteiger partial charge in [0.1, 0.15) is 5.70 Å². The molecule has 1 fully saturated rings. The largest absolute Gasteiger partial charge is 0.366 e. The Morgan fingerprint density at radius 3 is 2.18 bits per heavy atom. The first-order valence-electron chi connectivity index (χ1n) is 10.2. The van der Waals surface area contributed by atoms with Crippen molar-refractivity contribution in [1.82, 2.24) is 4.90 Å². The zero-order chi connectivity index (χ0) is 19.5. The van der Waals surface area contributed by atoms with Gasteiger partial charge in [0.05, 0.1) is 11.3 Å². The van der Waals surface area contributed by atoms with Gasteiger partial charge in [-0.2, -0.15) is 0 Å². The van der Waals surface area contributed by atoms with Crippen LogP contribution in [0.5, 0.6) is 0 Å². The molecule has 2 aromatic rings. The first-order valence-corrected chi connectivity index (χ1v) is 10.2. The van der Waals surface area contributed by atoms with Crippen LogP contribution in [-0.4, -0.2) is 29.8 Å². The van der Waals surface area contributed by atoms with Crippen molar-refractivity contribution in [1.29, 1.82) is 0 Å². The molecule has 0 atom stereocenters. The van der Waals surface area contributed by atoms with E-state index in [4.69, 9.17) is 0 Å². The minimum Gasteiger partial charge on any atom is -0.366 e. The fraction of sp³-hybridized carbons (Fsp3) is 0.333. The van der Waals surface area contributed by atoms with Crippen LogP contribution in [0, 0.1) is 0 Å². The van der Waals surface area contributed by atoms with E-state index in [1.54, 1.807) is 0 Å². The number of anilines is 1. The summed E-state index contributed by atoms with van der Waals surface area (Å²) in [6.07, 6.45) is 5.41. The van der Waals surface area contributed by atoms with Crippen LogP contribution in [0.3, 0.4) is 0 Å². The molecule has 2 aromatic carbocycles. The van der Waals surface area contributed by atoms with Crippen molar-refractivity contribution in [2.45, 2.75) is 39.0 Å².